The molecule has 5 heteroatoms. The van der Waals surface area contributed by atoms with Crippen LogP contribution in [0.3, 0.4) is 0 Å². The first kappa shape index (κ1) is 17.8. The topological polar surface area (TPSA) is 51.2 Å². The third-order valence-electron chi connectivity index (χ3n) is 3.41. The molecule has 0 bridgehead atoms. The molecule has 24 heavy (non-hydrogen) atoms. The molecule has 0 aliphatic carbocycles. The van der Waals surface area contributed by atoms with E-state index in [1.807, 2.05) is 31.2 Å². The Hall–Kier alpha value is -2.53. The number of halogens is 1. The summed E-state index contributed by atoms with van der Waals surface area (Å²) in [5.74, 6) is -0.638. The number of carbonyl (C=O) groups is 1. The molecule has 0 fully saturated rings. The van der Waals surface area contributed by atoms with Crippen LogP contribution in [0.5, 0.6) is 0 Å². The van der Waals surface area contributed by atoms with Crippen molar-refractivity contribution < 1.29 is 13.9 Å². The lowest BCUT2D eigenvalue weighted by molar-refractivity contribution is -0.112. The van der Waals surface area contributed by atoms with Gasteiger partial charge in [-0.05, 0) is 37.6 Å². The van der Waals surface area contributed by atoms with Crippen LogP contribution >= 0.6 is 0 Å². The van der Waals surface area contributed by atoms with Gasteiger partial charge in [0.05, 0.1) is 18.9 Å². The SMILES string of the molecule is CC/C=C(\C)C(=O)Nc1ccc(COCc2ccccn2)c(F)c1. The standard InChI is InChI=1S/C19H21FN2O2/c1-3-6-14(2)19(23)22-16-9-8-15(18(20)11-16)12-24-13-17-7-4-5-10-21-17/h4-11H,3,12-13H2,1-2H3,(H,22,23)/b14-6+. The Morgan fingerprint density at radius 2 is 2.12 bits per heavy atom. The minimum absolute atomic E-state index is 0.144. The normalized spacial score (nSPS) is 11.4. The molecule has 126 valence electrons. The first-order chi connectivity index (χ1) is 11.6. The fraction of sp³-hybridized carbons (Fsp3) is 0.263. The van der Waals surface area contributed by atoms with E-state index < -0.39 is 5.82 Å². The van der Waals surface area contributed by atoms with Crippen molar-refractivity contribution in [3.8, 4) is 0 Å². The molecule has 1 N–H and O–H groups in total. The molecule has 0 radical (unpaired) electrons. The van der Waals surface area contributed by atoms with Crippen LogP contribution in [0, 0.1) is 5.82 Å². The minimum Gasteiger partial charge on any atom is -0.370 e. The Morgan fingerprint density at radius 3 is 2.79 bits per heavy atom. The first-order valence-electron chi connectivity index (χ1n) is 7.84. The fourth-order valence-corrected chi connectivity index (χ4v) is 2.12. The second-order valence-electron chi connectivity index (χ2n) is 5.37. The summed E-state index contributed by atoms with van der Waals surface area (Å²) in [7, 11) is 0. The van der Waals surface area contributed by atoms with E-state index in [0.29, 0.717) is 23.4 Å². The van der Waals surface area contributed by atoms with Crippen molar-refractivity contribution in [3.05, 3.63) is 71.3 Å². The van der Waals surface area contributed by atoms with Crippen LogP contribution in [0.2, 0.25) is 0 Å². The molecule has 0 unspecified atom stereocenters. The Balaban J connectivity index is 1.92. The minimum atomic E-state index is -0.411. The monoisotopic (exact) mass is 328 g/mol. The van der Waals surface area contributed by atoms with E-state index in [-0.39, 0.29) is 12.5 Å². The first-order valence-corrected chi connectivity index (χ1v) is 7.84. The summed E-state index contributed by atoms with van der Waals surface area (Å²) in [6.45, 7) is 4.15. The van der Waals surface area contributed by atoms with Crippen molar-refractivity contribution in [2.75, 3.05) is 5.32 Å². The molecule has 1 aromatic carbocycles. The zero-order chi connectivity index (χ0) is 17.4. The number of hydrogen-bond donors (Lipinski definition) is 1. The zero-order valence-electron chi connectivity index (χ0n) is 13.9. The zero-order valence-corrected chi connectivity index (χ0v) is 13.9. The highest BCUT2D eigenvalue weighted by Gasteiger charge is 2.08. The Morgan fingerprint density at radius 1 is 1.29 bits per heavy atom. The van der Waals surface area contributed by atoms with Crippen LogP contribution in [0.15, 0.2) is 54.2 Å². The lowest BCUT2D eigenvalue weighted by atomic mass is 10.2. The van der Waals surface area contributed by atoms with E-state index >= 15 is 0 Å². The van der Waals surface area contributed by atoms with Crippen LogP contribution in [-0.4, -0.2) is 10.9 Å². The molecular formula is C19H21FN2O2. The number of carbonyl (C=O) groups excluding carboxylic acids is 1. The second-order valence-corrected chi connectivity index (χ2v) is 5.37. The van der Waals surface area contributed by atoms with Gasteiger partial charge in [0.1, 0.15) is 5.82 Å². The van der Waals surface area contributed by atoms with Crippen molar-refractivity contribution in [3.63, 3.8) is 0 Å². The molecule has 4 nitrogen and oxygen atoms in total. The number of amides is 1. The third kappa shape index (κ3) is 5.28. The predicted octanol–water partition coefficient (Wildman–Crippen LogP) is 4.23. The number of rotatable bonds is 7. The van der Waals surface area contributed by atoms with Crippen molar-refractivity contribution in [2.45, 2.75) is 33.5 Å². The summed E-state index contributed by atoms with van der Waals surface area (Å²) >= 11 is 0. The maximum Gasteiger partial charge on any atom is 0.250 e. The number of aromatic nitrogens is 1. The van der Waals surface area contributed by atoms with Gasteiger partial charge in [0, 0.05) is 23.0 Å². The van der Waals surface area contributed by atoms with Gasteiger partial charge in [0.15, 0.2) is 0 Å². The highest BCUT2D eigenvalue weighted by Crippen LogP contribution is 2.17. The number of anilines is 1. The van der Waals surface area contributed by atoms with Gasteiger partial charge in [0.2, 0.25) is 0 Å². The molecule has 0 saturated carbocycles. The predicted molar refractivity (Wildman–Crippen MR) is 91.8 cm³/mol. The van der Waals surface area contributed by atoms with E-state index in [4.69, 9.17) is 4.74 Å². The van der Waals surface area contributed by atoms with E-state index in [1.54, 1.807) is 25.3 Å². The molecule has 0 saturated heterocycles. The number of allylic oxidation sites excluding steroid dienone is 1. The van der Waals surface area contributed by atoms with Crippen LogP contribution < -0.4 is 5.32 Å². The van der Waals surface area contributed by atoms with E-state index in [2.05, 4.69) is 10.3 Å². The summed E-state index contributed by atoms with van der Waals surface area (Å²) in [6.07, 6.45) is 4.29. The average molecular weight is 328 g/mol. The largest absolute Gasteiger partial charge is 0.370 e. The number of nitrogens with zero attached hydrogens (tertiary/aromatic N) is 1. The average Bonchev–Trinajstić information content (AvgIpc) is 2.58. The number of nitrogens with one attached hydrogen (secondary N) is 1. The molecule has 1 aromatic heterocycles. The number of hydrogen-bond acceptors (Lipinski definition) is 3. The van der Waals surface area contributed by atoms with E-state index in [1.165, 1.54) is 6.07 Å². The Labute approximate surface area is 141 Å². The van der Waals surface area contributed by atoms with Crippen molar-refractivity contribution >= 4 is 11.6 Å². The van der Waals surface area contributed by atoms with Gasteiger partial charge in [-0.3, -0.25) is 9.78 Å². The Kier molecular flexibility index (Phi) is 6.63. The molecule has 1 amide bonds. The molecule has 0 spiro atoms. The van der Waals surface area contributed by atoms with Gasteiger partial charge < -0.3 is 10.1 Å². The summed E-state index contributed by atoms with van der Waals surface area (Å²) < 4.78 is 19.6. The van der Waals surface area contributed by atoms with Gasteiger partial charge in [-0.2, -0.15) is 0 Å². The highest BCUT2D eigenvalue weighted by molar-refractivity contribution is 6.03. The van der Waals surface area contributed by atoms with Crippen LogP contribution in [0.1, 0.15) is 31.5 Å². The van der Waals surface area contributed by atoms with E-state index in [9.17, 15) is 9.18 Å². The maximum atomic E-state index is 14.1. The molecule has 0 atom stereocenters. The Bertz CT molecular complexity index is 715. The van der Waals surface area contributed by atoms with Gasteiger partial charge in [0.25, 0.3) is 5.91 Å². The van der Waals surface area contributed by atoms with Crippen molar-refractivity contribution in [1.82, 2.24) is 4.98 Å². The van der Waals surface area contributed by atoms with Crippen LogP contribution in [-0.2, 0) is 22.7 Å². The second kappa shape index (κ2) is 8.93. The fourth-order valence-electron chi connectivity index (χ4n) is 2.12. The summed E-state index contributed by atoms with van der Waals surface area (Å²) in [5.41, 5.74) is 2.26. The quantitative estimate of drug-likeness (QED) is 0.774. The number of pyridine rings is 1. The van der Waals surface area contributed by atoms with Gasteiger partial charge in [-0.15, -0.1) is 0 Å². The summed E-state index contributed by atoms with van der Waals surface area (Å²) in [6, 6.07) is 10.1. The molecule has 2 rings (SSSR count). The van der Waals surface area contributed by atoms with Crippen molar-refractivity contribution in [2.24, 2.45) is 0 Å². The van der Waals surface area contributed by atoms with Gasteiger partial charge in [-0.25, -0.2) is 4.39 Å². The molecule has 0 aliphatic heterocycles. The van der Waals surface area contributed by atoms with Gasteiger partial charge in [-0.1, -0.05) is 25.1 Å². The summed E-state index contributed by atoms with van der Waals surface area (Å²) in [5, 5.41) is 2.68. The van der Waals surface area contributed by atoms with E-state index in [0.717, 1.165) is 12.1 Å². The molecule has 0 aliphatic rings. The van der Waals surface area contributed by atoms with Crippen LogP contribution in [0.4, 0.5) is 10.1 Å². The molecule has 2 aromatic rings. The van der Waals surface area contributed by atoms with Gasteiger partial charge >= 0.3 is 0 Å². The van der Waals surface area contributed by atoms with Crippen molar-refractivity contribution in [1.29, 1.82) is 0 Å². The third-order valence-corrected chi connectivity index (χ3v) is 3.41. The smallest absolute Gasteiger partial charge is 0.250 e. The lowest BCUT2D eigenvalue weighted by Crippen LogP contribution is -2.13. The highest BCUT2D eigenvalue weighted by atomic mass is 19.1. The van der Waals surface area contributed by atoms with Crippen LogP contribution in [0.25, 0.3) is 0 Å². The molecular weight excluding hydrogens is 307 g/mol. The summed E-state index contributed by atoms with van der Waals surface area (Å²) in [4.78, 5) is 16.0. The number of benzene rings is 1. The molecule has 1 heterocycles. The number of ether oxygens (including phenoxy) is 1. The lowest BCUT2D eigenvalue weighted by Gasteiger charge is -2.09. The maximum absolute atomic E-state index is 14.1.